The van der Waals surface area contributed by atoms with Gasteiger partial charge in [0.1, 0.15) is 10.6 Å². The molecule has 0 saturated carbocycles. The topological polar surface area (TPSA) is 67.8 Å². The zero-order valence-electron chi connectivity index (χ0n) is 14.1. The van der Waals surface area contributed by atoms with Crippen molar-refractivity contribution in [1.29, 1.82) is 0 Å². The average molecular weight is 443 g/mol. The summed E-state index contributed by atoms with van der Waals surface area (Å²) < 4.78 is 6.30. The minimum Gasteiger partial charge on any atom is -0.422 e. The molecule has 27 heavy (non-hydrogen) atoms. The fourth-order valence-corrected chi connectivity index (χ4v) is 3.08. The van der Waals surface area contributed by atoms with Gasteiger partial charge in [0, 0.05) is 4.47 Å². The Morgan fingerprint density at radius 2 is 1.93 bits per heavy atom. The Balaban J connectivity index is 1.54. The zero-order valence-corrected chi connectivity index (χ0v) is 16.5. The molecule has 3 aromatic rings. The van der Waals surface area contributed by atoms with Crippen molar-refractivity contribution in [3.05, 3.63) is 86.5 Å². The molecule has 0 saturated heterocycles. The molecule has 3 rings (SSSR count). The van der Waals surface area contributed by atoms with E-state index in [1.807, 2.05) is 29.6 Å². The van der Waals surface area contributed by atoms with Crippen molar-refractivity contribution in [2.45, 2.75) is 6.42 Å². The molecule has 1 N–H and O–H groups in total. The lowest BCUT2D eigenvalue weighted by molar-refractivity contribution is -0.120. The van der Waals surface area contributed by atoms with E-state index in [1.165, 1.54) is 17.6 Å². The van der Waals surface area contributed by atoms with Gasteiger partial charge in [0.25, 0.3) is 0 Å². The molecule has 0 radical (unpaired) electrons. The quantitative estimate of drug-likeness (QED) is 0.265. The van der Waals surface area contributed by atoms with Crippen LogP contribution in [0, 0.1) is 0 Å². The number of hydrogen-bond donors (Lipinski definition) is 1. The summed E-state index contributed by atoms with van der Waals surface area (Å²) in [6, 6.07) is 17.9. The van der Waals surface area contributed by atoms with E-state index in [0.717, 1.165) is 10.0 Å². The molecule has 7 heteroatoms. The number of hydrogen-bond acceptors (Lipinski definition) is 5. The maximum atomic E-state index is 12.0. The SMILES string of the molecule is O=C(Cc1ccc(Br)cc1)NN=Cc1cccc(OC(=O)c2cccs2)c1. The van der Waals surface area contributed by atoms with Crippen molar-refractivity contribution in [2.75, 3.05) is 0 Å². The Hall–Kier alpha value is -2.77. The van der Waals surface area contributed by atoms with E-state index in [9.17, 15) is 9.59 Å². The van der Waals surface area contributed by atoms with E-state index < -0.39 is 5.97 Å². The number of thiophene rings is 1. The Morgan fingerprint density at radius 1 is 1.11 bits per heavy atom. The first-order valence-corrected chi connectivity index (χ1v) is 9.69. The molecule has 0 atom stereocenters. The second-order valence-electron chi connectivity index (χ2n) is 5.54. The van der Waals surface area contributed by atoms with Gasteiger partial charge in [-0.3, -0.25) is 4.79 Å². The molecule has 0 bridgehead atoms. The van der Waals surface area contributed by atoms with Crippen LogP contribution in [0.15, 0.2) is 75.6 Å². The molecular weight excluding hydrogens is 428 g/mol. The lowest BCUT2D eigenvalue weighted by Crippen LogP contribution is -2.19. The molecule has 1 heterocycles. The number of carbonyl (C=O) groups is 2. The van der Waals surface area contributed by atoms with Gasteiger partial charge < -0.3 is 4.74 Å². The molecule has 136 valence electrons. The van der Waals surface area contributed by atoms with Crippen LogP contribution in [0.4, 0.5) is 0 Å². The second kappa shape index (κ2) is 9.25. The molecular formula is C20H15BrN2O3S. The van der Waals surface area contributed by atoms with Gasteiger partial charge in [-0.2, -0.15) is 5.10 Å². The fourth-order valence-electron chi connectivity index (χ4n) is 2.22. The van der Waals surface area contributed by atoms with Gasteiger partial charge in [-0.1, -0.05) is 46.3 Å². The van der Waals surface area contributed by atoms with E-state index in [1.54, 1.807) is 36.4 Å². The fraction of sp³-hybridized carbons (Fsp3) is 0.0500. The van der Waals surface area contributed by atoms with Crippen LogP contribution >= 0.6 is 27.3 Å². The van der Waals surface area contributed by atoms with Crippen molar-refractivity contribution in [2.24, 2.45) is 5.10 Å². The molecule has 0 fully saturated rings. The van der Waals surface area contributed by atoms with Crippen molar-refractivity contribution in [3.63, 3.8) is 0 Å². The third-order valence-electron chi connectivity index (χ3n) is 3.47. The molecule has 1 amide bonds. The molecule has 1 aromatic heterocycles. The highest BCUT2D eigenvalue weighted by Gasteiger charge is 2.09. The summed E-state index contributed by atoms with van der Waals surface area (Å²) in [6.45, 7) is 0. The second-order valence-corrected chi connectivity index (χ2v) is 7.40. The standard InChI is InChI=1S/C20H15BrN2O3S/c21-16-8-6-14(7-9-16)12-19(24)23-22-13-15-3-1-4-17(11-15)26-20(25)18-5-2-10-27-18/h1-11,13H,12H2,(H,23,24). The summed E-state index contributed by atoms with van der Waals surface area (Å²) in [6.07, 6.45) is 1.74. The number of nitrogens with one attached hydrogen (secondary N) is 1. The van der Waals surface area contributed by atoms with Crippen LogP contribution in [-0.4, -0.2) is 18.1 Å². The van der Waals surface area contributed by atoms with Gasteiger partial charge in [-0.25, -0.2) is 10.2 Å². The predicted molar refractivity (Wildman–Crippen MR) is 109 cm³/mol. The Kier molecular flexibility index (Phi) is 6.51. The molecule has 0 spiro atoms. The van der Waals surface area contributed by atoms with Gasteiger partial charge in [-0.15, -0.1) is 11.3 Å². The number of halogens is 1. The van der Waals surface area contributed by atoms with Crippen molar-refractivity contribution < 1.29 is 14.3 Å². The summed E-state index contributed by atoms with van der Waals surface area (Å²) >= 11 is 4.68. The van der Waals surface area contributed by atoms with Crippen molar-refractivity contribution >= 4 is 45.4 Å². The highest BCUT2D eigenvalue weighted by atomic mass is 79.9. The Labute approximate surface area is 168 Å². The van der Waals surface area contributed by atoms with Crippen LogP contribution in [0.3, 0.4) is 0 Å². The largest absolute Gasteiger partial charge is 0.422 e. The molecule has 0 unspecified atom stereocenters. The summed E-state index contributed by atoms with van der Waals surface area (Å²) in [5.74, 6) is -0.200. The highest BCUT2D eigenvalue weighted by molar-refractivity contribution is 9.10. The normalized spacial score (nSPS) is 10.7. The van der Waals surface area contributed by atoms with E-state index in [-0.39, 0.29) is 12.3 Å². The maximum absolute atomic E-state index is 12.0. The van der Waals surface area contributed by atoms with Gasteiger partial charge in [0.15, 0.2) is 0 Å². The molecule has 0 aliphatic carbocycles. The van der Waals surface area contributed by atoms with Gasteiger partial charge in [0.05, 0.1) is 12.6 Å². The first-order valence-electron chi connectivity index (χ1n) is 8.02. The number of rotatable bonds is 6. The van der Waals surface area contributed by atoms with E-state index in [2.05, 4.69) is 26.5 Å². The Morgan fingerprint density at radius 3 is 2.67 bits per heavy atom. The number of nitrogens with zero attached hydrogens (tertiary/aromatic N) is 1. The monoisotopic (exact) mass is 442 g/mol. The van der Waals surface area contributed by atoms with Crippen LogP contribution in [0.5, 0.6) is 5.75 Å². The number of benzene rings is 2. The van der Waals surface area contributed by atoms with Gasteiger partial charge in [0.2, 0.25) is 5.91 Å². The number of carbonyl (C=O) groups excluding carboxylic acids is 2. The van der Waals surface area contributed by atoms with Crippen LogP contribution in [0.1, 0.15) is 20.8 Å². The summed E-state index contributed by atoms with van der Waals surface area (Å²) in [4.78, 5) is 24.4. The maximum Gasteiger partial charge on any atom is 0.353 e. The number of ether oxygens (including phenoxy) is 1. The highest BCUT2D eigenvalue weighted by Crippen LogP contribution is 2.16. The summed E-state index contributed by atoms with van der Waals surface area (Å²) in [7, 11) is 0. The van der Waals surface area contributed by atoms with Crippen LogP contribution in [0.25, 0.3) is 0 Å². The Bertz CT molecular complexity index is 954. The number of hydrazone groups is 1. The summed E-state index contributed by atoms with van der Waals surface area (Å²) in [5.41, 5.74) is 4.09. The van der Waals surface area contributed by atoms with Crippen molar-refractivity contribution in [3.8, 4) is 5.75 Å². The predicted octanol–water partition coefficient (Wildman–Crippen LogP) is 4.42. The average Bonchev–Trinajstić information content (AvgIpc) is 3.19. The first-order chi connectivity index (χ1) is 13.1. The van der Waals surface area contributed by atoms with E-state index in [0.29, 0.717) is 16.2 Å². The van der Waals surface area contributed by atoms with Crippen molar-refractivity contribution in [1.82, 2.24) is 5.43 Å². The minimum atomic E-state index is -0.401. The number of esters is 1. The van der Waals surface area contributed by atoms with Crippen LogP contribution in [-0.2, 0) is 11.2 Å². The zero-order chi connectivity index (χ0) is 19.1. The third kappa shape index (κ3) is 5.87. The molecule has 2 aromatic carbocycles. The number of amides is 1. The van der Waals surface area contributed by atoms with Gasteiger partial charge >= 0.3 is 5.97 Å². The molecule has 0 aliphatic heterocycles. The first kappa shape index (κ1) is 19.0. The molecule has 0 aliphatic rings. The smallest absolute Gasteiger partial charge is 0.353 e. The van der Waals surface area contributed by atoms with Crippen LogP contribution < -0.4 is 10.2 Å². The third-order valence-corrected chi connectivity index (χ3v) is 4.85. The van der Waals surface area contributed by atoms with Crippen LogP contribution in [0.2, 0.25) is 0 Å². The lowest BCUT2D eigenvalue weighted by atomic mass is 10.1. The van der Waals surface area contributed by atoms with E-state index >= 15 is 0 Å². The van der Waals surface area contributed by atoms with E-state index in [4.69, 9.17) is 4.74 Å². The minimum absolute atomic E-state index is 0.214. The molecule has 5 nitrogen and oxygen atoms in total. The lowest BCUT2D eigenvalue weighted by Gasteiger charge is -2.03. The summed E-state index contributed by atoms with van der Waals surface area (Å²) in [5, 5.41) is 5.77. The van der Waals surface area contributed by atoms with Gasteiger partial charge in [-0.05, 0) is 46.8 Å².